The molecule has 0 atom stereocenters. The van der Waals surface area contributed by atoms with Gasteiger partial charge in [0.05, 0.1) is 11.2 Å². The van der Waals surface area contributed by atoms with Crippen LogP contribution in [0.4, 0.5) is 0 Å². The predicted molar refractivity (Wildman–Crippen MR) is 50.1 cm³/mol. The van der Waals surface area contributed by atoms with Crippen LogP contribution in [0.15, 0.2) is 22.4 Å². The average Bonchev–Trinajstić information content (AvgIpc) is 2.09. The third kappa shape index (κ3) is 1.98. The van der Waals surface area contributed by atoms with E-state index in [-0.39, 0.29) is 0 Å². The lowest BCUT2D eigenvalue weighted by Crippen LogP contribution is -1.90. The molecule has 0 aromatic carbocycles. The summed E-state index contributed by atoms with van der Waals surface area (Å²) in [6.45, 7) is 1.96. The molecule has 0 fully saturated rings. The molecule has 1 aromatic rings. The first kappa shape index (κ1) is 9.06. The zero-order valence-electron chi connectivity index (χ0n) is 6.98. The first-order chi connectivity index (χ1) is 5.77. The van der Waals surface area contributed by atoms with Crippen molar-refractivity contribution in [2.45, 2.75) is 11.9 Å². The van der Waals surface area contributed by atoms with Crippen molar-refractivity contribution in [2.24, 2.45) is 5.16 Å². The number of nitrogens with zero attached hydrogens (tertiary/aromatic N) is 2. The Bertz CT molecular complexity index is 299. The number of hydrogen-bond acceptors (Lipinski definition) is 4. The van der Waals surface area contributed by atoms with Gasteiger partial charge in [0.2, 0.25) is 0 Å². The normalized spacial score (nSPS) is 10.8. The summed E-state index contributed by atoms with van der Waals surface area (Å²) in [7, 11) is 0. The van der Waals surface area contributed by atoms with Crippen molar-refractivity contribution in [3.8, 4) is 0 Å². The highest BCUT2D eigenvalue weighted by atomic mass is 32.2. The van der Waals surface area contributed by atoms with Crippen LogP contribution >= 0.6 is 11.8 Å². The molecule has 0 unspecified atom stereocenters. The smallest absolute Gasteiger partial charge is 0.0960 e. The third-order valence-electron chi connectivity index (χ3n) is 1.53. The SMILES string of the molecule is CSc1cc(C)c(/C=N\O)cn1. The minimum atomic E-state index is 0.843. The van der Waals surface area contributed by atoms with Crippen LogP contribution in [0.1, 0.15) is 11.1 Å². The highest BCUT2D eigenvalue weighted by molar-refractivity contribution is 7.98. The van der Waals surface area contributed by atoms with Crippen LogP contribution in [-0.2, 0) is 0 Å². The molecule has 0 aliphatic rings. The van der Waals surface area contributed by atoms with Gasteiger partial charge in [0, 0.05) is 11.8 Å². The molecular formula is C8H10N2OS. The molecule has 0 amide bonds. The Hall–Kier alpha value is -1.03. The van der Waals surface area contributed by atoms with Crippen molar-refractivity contribution in [1.29, 1.82) is 0 Å². The van der Waals surface area contributed by atoms with Gasteiger partial charge in [-0.1, -0.05) is 5.16 Å². The van der Waals surface area contributed by atoms with Crippen molar-refractivity contribution in [1.82, 2.24) is 4.98 Å². The molecule has 64 valence electrons. The second-order valence-corrected chi connectivity index (χ2v) is 3.15. The summed E-state index contributed by atoms with van der Waals surface area (Å²) < 4.78 is 0. The summed E-state index contributed by atoms with van der Waals surface area (Å²) in [4.78, 5) is 4.14. The number of rotatable bonds is 2. The van der Waals surface area contributed by atoms with E-state index in [1.807, 2.05) is 19.2 Å². The van der Waals surface area contributed by atoms with E-state index in [1.54, 1.807) is 18.0 Å². The summed E-state index contributed by atoms with van der Waals surface area (Å²) in [5, 5.41) is 12.2. The van der Waals surface area contributed by atoms with Crippen molar-refractivity contribution < 1.29 is 5.21 Å². The van der Waals surface area contributed by atoms with Crippen LogP contribution < -0.4 is 0 Å². The molecule has 1 heterocycles. The molecule has 0 saturated heterocycles. The second kappa shape index (κ2) is 4.11. The van der Waals surface area contributed by atoms with Gasteiger partial charge in [-0.2, -0.15) is 0 Å². The monoisotopic (exact) mass is 182 g/mol. The molecule has 3 nitrogen and oxygen atoms in total. The van der Waals surface area contributed by atoms with Gasteiger partial charge in [0.25, 0.3) is 0 Å². The van der Waals surface area contributed by atoms with Crippen molar-refractivity contribution in [3.05, 3.63) is 23.4 Å². The van der Waals surface area contributed by atoms with Crippen LogP contribution in [0, 0.1) is 6.92 Å². The van der Waals surface area contributed by atoms with Gasteiger partial charge in [-0.25, -0.2) is 4.98 Å². The van der Waals surface area contributed by atoms with Gasteiger partial charge < -0.3 is 5.21 Å². The van der Waals surface area contributed by atoms with Gasteiger partial charge >= 0.3 is 0 Å². The Balaban J connectivity index is 3.03. The van der Waals surface area contributed by atoms with E-state index in [2.05, 4.69) is 10.1 Å². The van der Waals surface area contributed by atoms with E-state index >= 15 is 0 Å². The Morgan fingerprint density at radius 3 is 2.92 bits per heavy atom. The van der Waals surface area contributed by atoms with E-state index in [0.29, 0.717) is 0 Å². The minimum Gasteiger partial charge on any atom is -0.411 e. The van der Waals surface area contributed by atoms with E-state index in [4.69, 9.17) is 5.21 Å². The molecule has 1 rings (SSSR count). The maximum Gasteiger partial charge on any atom is 0.0960 e. The molecule has 4 heteroatoms. The Morgan fingerprint density at radius 1 is 1.67 bits per heavy atom. The van der Waals surface area contributed by atoms with Crippen LogP contribution in [0.5, 0.6) is 0 Å². The molecule has 12 heavy (non-hydrogen) atoms. The zero-order valence-corrected chi connectivity index (χ0v) is 7.80. The lowest BCUT2D eigenvalue weighted by molar-refractivity contribution is 0.322. The maximum absolute atomic E-state index is 8.31. The number of pyridine rings is 1. The van der Waals surface area contributed by atoms with Crippen LogP contribution in [0.3, 0.4) is 0 Å². The van der Waals surface area contributed by atoms with E-state index < -0.39 is 0 Å². The fourth-order valence-corrected chi connectivity index (χ4v) is 1.30. The van der Waals surface area contributed by atoms with Gasteiger partial charge in [-0.05, 0) is 24.8 Å². The summed E-state index contributed by atoms with van der Waals surface area (Å²) in [6, 6.07) is 1.96. The molecule has 1 aromatic heterocycles. The molecule has 0 radical (unpaired) electrons. The summed E-state index contributed by atoms with van der Waals surface area (Å²) in [6.07, 6.45) is 5.05. The maximum atomic E-state index is 8.31. The fourth-order valence-electron chi connectivity index (χ4n) is 0.850. The average molecular weight is 182 g/mol. The zero-order chi connectivity index (χ0) is 8.97. The summed E-state index contributed by atoms with van der Waals surface area (Å²) in [5.74, 6) is 0. The Labute approximate surface area is 75.5 Å². The van der Waals surface area contributed by atoms with E-state index in [0.717, 1.165) is 16.2 Å². The van der Waals surface area contributed by atoms with Crippen molar-refractivity contribution in [2.75, 3.05) is 6.26 Å². The fraction of sp³-hybridized carbons (Fsp3) is 0.250. The predicted octanol–water partition coefficient (Wildman–Crippen LogP) is 1.92. The number of thioether (sulfide) groups is 1. The molecule has 0 aliphatic heterocycles. The summed E-state index contributed by atoms with van der Waals surface area (Å²) in [5.41, 5.74) is 1.91. The minimum absolute atomic E-state index is 0.843. The number of aryl methyl sites for hydroxylation is 1. The largest absolute Gasteiger partial charge is 0.411 e. The van der Waals surface area contributed by atoms with Gasteiger partial charge in [0.1, 0.15) is 0 Å². The Kier molecular flexibility index (Phi) is 3.10. The first-order valence-corrected chi connectivity index (χ1v) is 4.68. The highest BCUT2D eigenvalue weighted by Gasteiger charge is 1.97. The first-order valence-electron chi connectivity index (χ1n) is 3.46. The quantitative estimate of drug-likeness (QED) is 0.329. The molecular weight excluding hydrogens is 172 g/mol. The van der Waals surface area contributed by atoms with Crippen molar-refractivity contribution in [3.63, 3.8) is 0 Å². The molecule has 0 bridgehead atoms. The third-order valence-corrected chi connectivity index (χ3v) is 2.17. The standard InChI is InChI=1S/C8H10N2OS/c1-6-3-8(12-2)9-4-7(6)5-10-11/h3-5,11H,1-2H3/b10-5-. The van der Waals surface area contributed by atoms with E-state index in [9.17, 15) is 0 Å². The topological polar surface area (TPSA) is 45.5 Å². The molecule has 0 saturated carbocycles. The molecule has 1 N–H and O–H groups in total. The number of oxime groups is 1. The van der Waals surface area contributed by atoms with Gasteiger partial charge in [0.15, 0.2) is 0 Å². The Morgan fingerprint density at radius 2 is 2.42 bits per heavy atom. The number of hydrogen-bond donors (Lipinski definition) is 1. The van der Waals surface area contributed by atoms with Gasteiger partial charge in [-0.15, -0.1) is 11.8 Å². The second-order valence-electron chi connectivity index (χ2n) is 2.33. The van der Waals surface area contributed by atoms with Crippen LogP contribution in [0.2, 0.25) is 0 Å². The van der Waals surface area contributed by atoms with Crippen molar-refractivity contribution >= 4 is 18.0 Å². The lowest BCUT2D eigenvalue weighted by atomic mass is 10.2. The summed E-state index contributed by atoms with van der Waals surface area (Å²) >= 11 is 1.59. The highest BCUT2D eigenvalue weighted by Crippen LogP contribution is 2.14. The van der Waals surface area contributed by atoms with Crippen LogP contribution in [0.25, 0.3) is 0 Å². The lowest BCUT2D eigenvalue weighted by Gasteiger charge is -2.00. The molecule has 0 aliphatic carbocycles. The van der Waals surface area contributed by atoms with Gasteiger partial charge in [-0.3, -0.25) is 0 Å². The van der Waals surface area contributed by atoms with E-state index in [1.165, 1.54) is 6.21 Å². The van der Waals surface area contributed by atoms with Crippen LogP contribution in [-0.4, -0.2) is 22.7 Å². The molecule has 0 spiro atoms. The number of aromatic nitrogens is 1.